The smallest absolute Gasteiger partial charge is 0.138 e. The van der Waals surface area contributed by atoms with Gasteiger partial charge >= 0.3 is 0 Å². The SMILES string of the molecule is CCc1cc(N2CCN(Cc3c(C)noc3C)CC2)c2ccccc2n1. The molecule has 0 spiro atoms. The number of para-hydroxylation sites is 1. The van der Waals surface area contributed by atoms with Crippen LogP contribution in [0.4, 0.5) is 5.69 Å². The van der Waals surface area contributed by atoms with E-state index in [0.717, 1.165) is 61.8 Å². The topological polar surface area (TPSA) is 45.4 Å². The number of benzene rings is 1. The minimum Gasteiger partial charge on any atom is -0.368 e. The molecule has 2 aromatic heterocycles. The number of fused-ring (bicyclic) bond motifs is 1. The van der Waals surface area contributed by atoms with E-state index in [1.807, 2.05) is 13.8 Å². The van der Waals surface area contributed by atoms with Crippen LogP contribution in [0.2, 0.25) is 0 Å². The molecular formula is C21H26N4O. The van der Waals surface area contributed by atoms with Gasteiger partial charge < -0.3 is 9.42 Å². The van der Waals surface area contributed by atoms with Crippen LogP contribution in [0.5, 0.6) is 0 Å². The molecule has 3 heterocycles. The fourth-order valence-electron chi connectivity index (χ4n) is 3.75. The van der Waals surface area contributed by atoms with Crippen LogP contribution in [-0.2, 0) is 13.0 Å². The molecule has 0 aliphatic carbocycles. The number of rotatable bonds is 4. The normalized spacial score (nSPS) is 15.7. The van der Waals surface area contributed by atoms with Crippen molar-refractivity contribution in [1.82, 2.24) is 15.0 Å². The zero-order valence-corrected chi connectivity index (χ0v) is 15.8. The maximum atomic E-state index is 5.31. The lowest BCUT2D eigenvalue weighted by Crippen LogP contribution is -2.46. The van der Waals surface area contributed by atoms with Crippen LogP contribution < -0.4 is 4.90 Å². The highest BCUT2D eigenvalue weighted by Gasteiger charge is 2.21. The average Bonchev–Trinajstić information content (AvgIpc) is 2.99. The summed E-state index contributed by atoms with van der Waals surface area (Å²) in [6.45, 7) is 11.3. The zero-order chi connectivity index (χ0) is 18.1. The highest BCUT2D eigenvalue weighted by molar-refractivity contribution is 5.92. The third-order valence-corrected chi connectivity index (χ3v) is 5.39. The lowest BCUT2D eigenvalue weighted by atomic mass is 10.1. The molecule has 1 fully saturated rings. The Morgan fingerprint density at radius 1 is 1.08 bits per heavy atom. The highest BCUT2D eigenvalue weighted by Crippen LogP contribution is 2.28. The monoisotopic (exact) mass is 350 g/mol. The van der Waals surface area contributed by atoms with Crippen molar-refractivity contribution >= 4 is 16.6 Å². The van der Waals surface area contributed by atoms with E-state index in [0.29, 0.717) is 0 Å². The largest absolute Gasteiger partial charge is 0.368 e. The fourth-order valence-corrected chi connectivity index (χ4v) is 3.75. The van der Waals surface area contributed by atoms with E-state index in [9.17, 15) is 0 Å². The first kappa shape index (κ1) is 17.0. The summed E-state index contributed by atoms with van der Waals surface area (Å²) in [6.07, 6.45) is 0.962. The second kappa shape index (κ2) is 7.08. The maximum Gasteiger partial charge on any atom is 0.138 e. The molecule has 1 aliphatic heterocycles. The van der Waals surface area contributed by atoms with Gasteiger partial charge in [-0.05, 0) is 32.4 Å². The van der Waals surface area contributed by atoms with Gasteiger partial charge in [-0.15, -0.1) is 0 Å². The third-order valence-electron chi connectivity index (χ3n) is 5.39. The summed E-state index contributed by atoms with van der Waals surface area (Å²) in [7, 11) is 0. The summed E-state index contributed by atoms with van der Waals surface area (Å²) in [6, 6.07) is 10.7. The molecule has 5 nitrogen and oxygen atoms in total. The van der Waals surface area contributed by atoms with Crippen molar-refractivity contribution < 1.29 is 4.52 Å². The van der Waals surface area contributed by atoms with Crippen LogP contribution in [0, 0.1) is 13.8 Å². The number of aromatic nitrogens is 2. The van der Waals surface area contributed by atoms with Gasteiger partial charge in [0, 0.05) is 55.1 Å². The Kier molecular flexibility index (Phi) is 4.64. The predicted molar refractivity (Wildman–Crippen MR) is 105 cm³/mol. The second-order valence-electron chi connectivity index (χ2n) is 7.07. The Hall–Kier alpha value is -2.40. The molecule has 3 aromatic rings. The van der Waals surface area contributed by atoms with Crippen LogP contribution in [0.15, 0.2) is 34.9 Å². The van der Waals surface area contributed by atoms with Crippen molar-refractivity contribution in [3.63, 3.8) is 0 Å². The standard InChI is InChI=1S/C21H26N4O/c1-4-17-13-21(18-7-5-6-8-20(18)22-17)25-11-9-24(10-12-25)14-19-15(2)23-26-16(19)3/h5-8,13H,4,9-12,14H2,1-3H3. The van der Waals surface area contributed by atoms with E-state index in [-0.39, 0.29) is 0 Å². The molecule has 0 saturated carbocycles. The molecule has 4 rings (SSSR count). The Morgan fingerprint density at radius 2 is 1.85 bits per heavy atom. The van der Waals surface area contributed by atoms with Gasteiger partial charge in [-0.3, -0.25) is 9.88 Å². The highest BCUT2D eigenvalue weighted by atomic mass is 16.5. The maximum absolute atomic E-state index is 5.31. The average molecular weight is 350 g/mol. The van der Waals surface area contributed by atoms with E-state index >= 15 is 0 Å². The number of piperazine rings is 1. The van der Waals surface area contributed by atoms with Gasteiger partial charge in [0.25, 0.3) is 0 Å². The second-order valence-corrected chi connectivity index (χ2v) is 7.07. The molecule has 1 aromatic carbocycles. The molecule has 0 bridgehead atoms. The van der Waals surface area contributed by atoms with Gasteiger partial charge in [0.05, 0.1) is 11.2 Å². The third kappa shape index (κ3) is 3.19. The first-order valence-electron chi connectivity index (χ1n) is 9.43. The molecule has 5 heteroatoms. The number of hydrogen-bond donors (Lipinski definition) is 0. The molecule has 0 unspecified atom stereocenters. The lowest BCUT2D eigenvalue weighted by molar-refractivity contribution is 0.248. The van der Waals surface area contributed by atoms with E-state index in [2.05, 4.69) is 52.2 Å². The summed E-state index contributed by atoms with van der Waals surface area (Å²) in [4.78, 5) is 9.78. The molecular weight excluding hydrogens is 324 g/mol. The van der Waals surface area contributed by atoms with Crippen LogP contribution in [0.1, 0.15) is 29.6 Å². The number of anilines is 1. The van der Waals surface area contributed by atoms with Crippen molar-refractivity contribution in [2.24, 2.45) is 0 Å². The summed E-state index contributed by atoms with van der Waals surface area (Å²) in [5.74, 6) is 0.942. The van der Waals surface area contributed by atoms with Gasteiger partial charge in [-0.25, -0.2) is 0 Å². The van der Waals surface area contributed by atoms with Crippen LogP contribution >= 0.6 is 0 Å². The van der Waals surface area contributed by atoms with E-state index in [1.165, 1.54) is 16.6 Å². The predicted octanol–water partition coefficient (Wildman–Crippen LogP) is 3.72. The van der Waals surface area contributed by atoms with Crippen molar-refractivity contribution in [3.8, 4) is 0 Å². The Labute approximate surface area is 154 Å². The lowest BCUT2D eigenvalue weighted by Gasteiger charge is -2.36. The summed E-state index contributed by atoms with van der Waals surface area (Å²) in [5, 5.41) is 5.33. The van der Waals surface area contributed by atoms with E-state index in [4.69, 9.17) is 9.51 Å². The van der Waals surface area contributed by atoms with Gasteiger partial charge in [0.1, 0.15) is 5.76 Å². The Bertz CT molecular complexity index is 890. The quantitative estimate of drug-likeness (QED) is 0.717. The Morgan fingerprint density at radius 3 is 2.54 bits per heavy atom. The molecule has 0 N–H and O–H groups in total. The summed E-state index contributed by atoms with van der Waals surface area (Å²) in [5.41, 5.74) is 5.83. The van der Waals surface area contributed by atoms with Gasteiger partial charge in [0.2, 0.25) is 0 Å². The van der Waals surface area contributed by atoms with Crippen LogP contribution in [0.25, 0.3) is 10.9 Å². The molecule has 1 aliphatic rings. The molecule has 1 saturated heterocycles. The van der Waals surface area contributed by atoms with E-state index in [1.54, 1.807) is 0 Å². The van der Waals surface area contributed by atoms with Gasteiger partial charge in [-0.2, -0.15) is 0 Å². The molecule has 0 radical (unpaired) electrons. The van der Waals surface area contributed by atoms with Gasteiger partial charge in [0.15, 0.2) is 0 Å². The number of aryl methyl sites for hydroxylation is 3. The van der Waals surface area contributed by atoms with Crippen molar-refractivity contribution in [2.75, 3.05) is 31.1 Å². The zero-order valence-electron chi connectivity index (χ0n) is 15.8. The fraction of sp³-hybridized carbons (Fsp3) is 0.429. The van der Waals surface area contributed by atoms with E-state index < -0.39 is 0 Å². The minimum atomic E-state index is 0.923. The first-order valence-corrected chi connectivity index (χ1v) is 9.43. The molecule has 136 valence electrons. The number of hydrogen-bond acceptors (Lipinski definition) is 5. The minimum absolute atomic E-state index is 0.923. The van der Waals surface area contributed by atoms with Crippen molar-refractivity contribution in [1.29, 1.82) is 0 Å². The summed E-state index contributed by atoms with van der Waals surface area (Å²) >= 11 is 0. The number of nitrogens with zero attached hydrogens (tertiary/aromatic N) is 4. The molecule has 26 heavy (non-hydrogen) atoms. The van der Waals surface area contributed by atoms with Crippen LogP contribution in [-0.4, -0.2) is 41.2 Å². The van der Waals surface area contributed by atoms with Crippen molar-refractivity contribution in [3.05, 3.63) is 53.0 Å². The summed E-state index contributed by atoms with van der Waals surface area (Å²) < 4.78 is 5.31. The first-order chi connectivity index (χ1) is 12.7. The molecule has 0 amide bonds. The van der Waals surface area contributed by atoms with Crippen molar-refractivity contribution in [2.45, 2.75) is 33.7 Å². The van der Waals surface area contributed by atoms with Crippen LogP contribution in [0.3, 0.4) is 0 Å². The Balaban J connectivity index is 1.52. The number of pyridine rings is 1. The van der Waals surface area contributed by atoms with Gasteiger partial charge in [-0.1, -0.05) is 30.3 Å². The molecule has 0 atom stereocenters.